The molecule has 27 heavy (non-hydrogen) atoms. The van der Waals surface area contributed by atoms with Crippen LogP contribution in [0.2, 0.25) is 0 Å². The van der Waals surface area contributed by atoms with Gasteiger partial charge in [-0.1, -0.05) is 42.1 Å². The Hall–Kier alpha value is -2.80. The zero-order chi connectivity index (χ0) is 19.2. The van der Waals surface area contributed by atoms with Gasteiger partial charge in [0.25, 0.3) is 0 Å². The standard InChI is InChI=1S/C20H22N4O2S/c1-4-24(15-10-6-5-7-11-15)18(25)14-27-20-22-21-19(23(20)2)16-12-8-9-13-17(16)26-3/h5-13H,4,14H2,1-3H3. The Labute approximate surface area is 163 Å². The molecule has 1 aromatic heterocycles. The van der Waals surface area contributed by atoms with Crippen LogP contribution in [0, 0.1) is 0 Å². The summed E-state index contributed by atoms with van der Waals surface area (Å²) in [7, 11) is 3.52. The van der Waals surface area contributed by atoms with E-state index in [1.807, 2.05) is 73.1 Å². The van der Waals surface area contributed by atoms with Gasteiger partial charge >= 0.3 is 0 Å². The summed E-state index contributed by atoms with van der Waals surface area (Å²) in [6.07, 6.45) is 0. The van der Waals surface area contributed by atoms with E-state index < -0.39 is 0 Å². The van der Waals surface area contributed by atoms with Crippen molar-refractivity contribution in [1.82, 2.24) is 14.8 Å². The van der Waals surface area contributed by atoms with E-state index >= 15 is 0 Å². The van der Waals surface area contributed by atoms with E-state index in [0.717, 1.165) is 17.0 Å². The lowest BCUT2D eigenvalue weighted by Gasteiger charge is -2.20. The first-order chi connectivity index (χ1) is 13.2. The van der Waals surface area contributed by atoms with Crippen molar-refractivity contribution in [2.75, 3.05) is 24.3 Å². The topological polar surface area (TPSA) is 60.3 Å². The number of nitrogens with zero attached hydrogens (tertiary/aromatic N) is 4. The lowest BCUT2D eigenvalue weighted by Crippen LogP contribution is -2.32. The highest BCUT2D eigenvalue weighted by molar-refractivity contribution is 7.99. The van der Waals surface area contributed by atoms with Gasteiger partial charge in [0.2, 0.25) is 5.91 Å². The maximum atomic E-state index is 12.7. The average molecular weight is 382 g/mol. The zero-order valence-corrected chi connectivity index (χ0v) is 16.4. The van der Waals surface area contributed by atoms with Crippen molar-refractivity contribution in [3.63, 3.8) is 0 Å². The van der Waals surface area contributed by atoms with E-state index in [9.17, 15) is 4.79 Å². The third-order valence-corrected chi connectivity index (χ3v) is 5.20. The Morgan fingerprint density at radius 1 is 1.11 bits per heavy atom. The van der Waals surface area contributed by atoms with Crippen LogP contribution in [0.3, 0.4) is 0 Å². The second-order valence-electron chi connectivity index (χ2n) is 5.83. The summed E-state index contributed by atoms with van der Waals surface area (Å²) in [5.41, 5.74) is 1.77. The van der Waals surface area contributed by atoms with Crippen molar-refractivity contribution in [3.05, 3.63) is 54.6 Å². The second-order valence-corrected chi connectivity index (χ2v) is 6.77. The molecule has 6 nitrogen and oxygen atoms in total. The van der Waals surface area contributed by atoms with Gasteiger partial charge in [0.05, 0.1) is 18.4 Å². The van der Waals surface area contributed by atoms with Gasteiger partial charge in [-0.25, -0.2) is 0 Å². The molecule has 140 valence electrons. The Morgan fingerprint density at radius 2 is 1.81 bits per heavy atom. The lowest BCUT2D eigenvalue weighted by molar-refractivity contribution is -0.116. The fourth-order valence-corrected chi connectivity index (χ4v) is 3.61. The first-order valence-electron chi connectivity index (χ1n) is 8.66. The van der Waals surface area contributed by atoms with Crippen LogP contribution in [0.4, 0.5) is 5.69 Å². The van der Waals surface area contributed by atoms with Crippen molar-refractivity contribution >= 4 is 23.4 Å². The summed E-state index contributed by atoms with van der Waals surface area (Å²) >= 11 is 1.38. The molecule has 0 atom stereocenters. The summed E-state index contributed by atoms with van der Waals surface area (Å²) in [6, 6.07) is 17.4. The monoisotopic (exact) mass is 382 g/mol. The number of ether oxygens (including phenoxy) is 1. The van der Waals surface area contributed by atoms with Gasteiger partial charge in [0, 0.05) is 19.3 Å². The van der Waals surface area contributed by atoms with Crippen molar-refractivity contribution in [2.24, 2.45) is 7.05 Å². The molecular weight excluding hydrogens is 360 g/mol. The van der Waals surface area contributed by atoms with Crippen LogP contribution in [0.15, 0.2) is 59.8 Å². The molecule has 7 heteroatoms. The zero-order valence-electron chi connectivity index (χ0n) is 15.6. The Balaban J connectivity index is 1.74. The molecule has 0 spiro atoms. The molecular formula is C20H22N4O2S. The summed E-state index contributed by atoms with van der Waals surface area (Å²) < 4.78 is 7.29. The third-order valence-electron chi connectivity index (χ3n) is 4.19. The molecule has 1 heterocycles. The van der Waals surface area contributed by atoms with Gasteiger partial charge in [-0.05, 0) is 31.2 Å². The predicted octanol–water partition coefficient (Wildman–Crippen LogP) is 3.64. The smallest absolute Gasteiger partial charge is 0.237 e. The van der Waals surface area contributed by atoms with E-state index in [4.69, 9.17) is 4.74 Å². The highest BCUT2D eigenvalue weighted by Gasteiger charge is 2.18. The molecule has 0 bridgehead atoms. The number of carbonyl (C=O) groups excluding carboxylic acids is 1. The van der Waals surface area contributed by atoms with Crippen LogP contribution in [-0.4, -0.2) is 40.1 Å². The molecule has 0 fully saturated rings. The number of thioether (sulfide) groups is 1. The van der Waals surface area contributed by atoms with Crippen molar-refractivity contribution < 1.29 is 9.53 Å². The van der Waals surface area contributed by atoms with Crippen molar-refractivity contribution in [2.45, 2.75) is 12.1 Å². The number of methoxy groups -OCH3 is 1. The number of carbonyl (C=O) groups is 1. The number of hydrogen-bond donors (Lipinski definition) is 0. The molecule has 0 saturated heterocycles. The number of benzene rings is 2. The van der Waals surface area contributed by atoms with E-state index in [1.165, 1.54) is 11.8 Å². The van der Waals surface area contributed by atoms with Crippen molar-refractivity contribution in [3.8, 4) is 17.1 Å². The maximum absolute atomic E-state index is 12.7. The van der Waals surface area contributed by atoms with Crippen LogP contribution >= 0.6 is 11.8 Å². The van der Waals surface area contributed by atoms with Crippen LogP contribution in [0.1, 0.15) is 6.92 Å². The molecule has 2 aromatic carbocycles. The highest BCUT2D eigenvalue weighted by Crippen LogP contribution is 2.30. The molecule has 0 unspecified atom stereocenters. The summed E-state index contributed by atoms with van der Waals surface area (Å²) in [5.74, 6) is 1.77. The predicted molar refractivity (Wildman–Crippen MR) is 108 cm³/mol. The number of aromatic nitrogens is 3. The fourth-order valence-electron chi connectivity index (χ4n) is 2.82. The van der Waals surface area contributed by atoms with E-state index in [0.29, 0.717) is 23.3 Å². The van der Waals surface area contributed by atoms with E-state index in [2.05, 4.69) is 10.2 Å². The molecule has 3 rings (SSSR count). The van der Waals surface area contributed by atoms with Crippen LogP contribution in [-0.2, 0) is 11.8 Å². The molecule has 1 amide bonds. The molecule has 3 aromatic rings. The molecule has 0 saturated carbocycles. The number of hydrogen-bond acceptors (Lipinski definition) is 5. The summed E-state index contributed by atoms with van der Waals surface area (Å²) in [4.78, 5) is 14.4. The largest absolute Gasteiger partial charge is 0.496 e. The number of rotatable bonds is 7. The SMILES string of the molecule is CCN(C(=O)CSc1nnc(-c2ccccc2OC)n1C)c1ccccc1. The normalized spacial score (nSPS) is 10.6. The Bertz CT molecular complexity index is 911. The van der Waals surface area contributed by atoms with Crippen LogP contribution in [0.5, 0.6) is 5.75 Å². The fraction of sp³-hybridized carbons (Fsp3) is 0.250. The van der Waals surface area contributed by atoms with Gasteiger partial charge in [0.1, 0.15) is 5.75 Å². The first-order valence-corrected chi connectivity index (χ1v) is 9.65. The minimum Gasteiger partial charge on any atom is -0.496 e. The second kappa shape index (κ2) is 8.73. The van der Waals surface area contributed by atoms with Gasteiger partial charge < -0.3 is 14.2 Å². The minimum absolute atomic E-state index is 0.0375. The van der Waals surface area contributed by atoms with Crippen LogP contribution in [0.25, 0.3) is 11.4 Å². The van der Waals surface area contributed by atoms with Crippen LogP contribution < -0.4 is 9.64 Å². The maximum Gasteiger partial charge on any atom is 0.237 e. The summed E-state index contributed by atoms with van der Waals surface area (Å²) in [5, 5.41) is 9.22. The average Bonchev–Trinajstić information content (AvgIpc) is 3.08. The number of anilines is 1. The van der Waals surface area contributed by atoms with E-state index in [-0.39, 0.29) is 5.91 Å². The third kappa shape index (κ3) is 4.14. The molecule has 0 N–H and O–H groups in total. The molecule has 0 aliphatic heterocycles. The quantitative estimate of drug-likeness (QED) is 0.584. The number of para-hydroxylation sites is 2. The molecule has 0 aliphatic carbocycles. The molecule has 0 aliphatic rings. The number of amides is 1. The highest BCUT2D eigenvalue weighted by atomic mass is 32.2. The summed E-state index contributed by atoms with van der Waals surface area (Å²) in [6.45, 7) is 2.59. The van der Waals surface area contributed by atoms with Gasteiger partial charge in [-0.15, -0.1) is 10.2 Å². The first kappa shape index (κ1) is 19.0. The van der Waals surface area contributed by atoms with Gasteiger partial charge in [0.15, 0.2) is 11.0 Å². The Kier molecular flexibility index (Phi) is 6.13. The Morgan fingerprint density at radius 3 is 2.52 bits per heavy atom. The lowest BCUT2D eigenvalue weighted by atomic mass is 10.2. The van der Waals surface area contributed by atoms with Gasteiger partial charge in [-0.3, -0.25) is 4.79 Å². The minimum atomic E-state index is 0.0375. The van der Waals surface area contributed by atoms with Crippen molar-refractivity contribution in [1.29, 1.82) is 0 Å². The molecule has 0 radical (unpaired) electrons. The van der Waals surface area contributed by atoms with E-state index in [1.54, 1.807) is 12.0 Å². The van der Waals surface area contributed by atoms with Gasteiger partial charge in [-0.2, -0.15) is 0 Å².